The van der Waals surface area contributed by atoms with E-state index >= 15 is 0 Å². The van der Waals surface area contributed by atoms with E-state index in [1.165, 1.54) is 0 Å². The number of ether oxygens (including phenoxy) is 1. The lowest BCUT2D eigenvalue weighted by molar-refractivity contribution is -0.133. The van der Waals surface area contributed by atoms with Gasteiger partial charge in [0.1, 0.15) is 0 Å². The third-order valence-corrected chi connectivity index (χ3v) is 3.19. The molecule has 0 aliphatic heterocycles. The molecule has 1 rings (SSSR count). The van der Waals surface area contributed by atoms with Gasteiger partial charge in [0.15, 0.2) is 0 Å². The average Bonchev–Trinajstić information content (AvgIpc) is 2.26. The van der Waals surface area contributed by atoms with Crippen LogP contribution in [0.4, 0.5) is 0 Å². The zero-order valence-corrected chi connectivity index (χ0v) is 10.9. The highest BCUT2D eigenvalue weighted by Gasteiger charge is 2.31. The first kappa shape index (κ1) is 14.1. The summed E-state index contributed by atoms with van der Waals surface area (Å²) >= 11 is 0. The summed E-state index contributed by atoms with van der Waals surface area (Å²) in [6, 6.07) is 0. The van der Waals surface area contributed by atoms with Crippen LogP contribution < -0.4 is 0 Å². The van der Waals surface area contributed by atoms with E-state index in [-0.39, 0.29) is 5.91 Å². The van der Waals surface area contributed by atoms with E-state index in [1.807, 2.05) is 6.92 Å². The zero-order chi connectivity index (χ0) is 12.7. The predicted molar refractivity (Wildman–Crippen MR) is 68.5 cm³/mol. The van der Waals surface area contributed by atoms with Gasteiger partial charge in [0.25, 0.3) is 0 Å². The predicted octanol–water partition coefficient (Wildman–Crippen LogP) is 2.06. The van der Waals surface area contributed by atoms with Gasteiger partial charge < -0.3 is 9.64 Å². The molecule has 1 aliphatic rings. The molecule has 0 aromatic heterocycles. The summed E-state index contributed by atoms with van der Waals surface area (Å²) in [4.78, 5) is 13.8. The molecular formula is C14H23NO2. The van der Waals surface area contributed by atoms with Crippen molar-refractivity contribution < 1.29 is 9.53 Å². The highest BCUT2D eigenvalue weighted by Crippen LogP contribution is 2.33. The maximum absolute atomic E-state index is 12.0. The molecule has 1 aliphatic carbocycles. The highest BCUT2D eigenvalue weighted by molar-refractivity contribution is 5.76. The second kappa shape index (κ2) is 7.34. The number of hydrogen-bond donors (Lipinski definition) is 0. The Hall–Kier alpha value is -1.01. The lowest BCUT2D eigenvalue weighted by atomic mass is 9.79. The minimum absolute atomic E-state index is 0.199. The molecule has 0 aromatic rings. The van der Waals surface area contributed by atoms with Gasteiger partial charge in [0.2, 0.25) is 5.91 Å². The molecular weight excluding hydrogens is 214 g/mol. The van der Waals surface area contributed by atoms with Crippen LogP contribution >= 0.6 is 0 Å². The van der Waals surface area contributed by atoms with Gasteiger partial charge in [0.05, 0.1) is 12.6 Å². The molecule has 1 fully saturated rings. The van der Waals surface area contributed by atoms with Gasteiger partial charge >= 0.3 is 0 Å². The van der Waals surface area contributed by atoms with E-state index in [1.54, 1.807) is 4.90 Å². The number of terminal acetylenes is 1. The first-order valence-corrected chi connectivity index (χ1v) is 6.54. The number of carbonyl (C=O) groups excluding carboxylic acids is 1. The smallest absolute Gasteiger partial charge is 0.223 e. The first-order chi connectivity index (χ1) is 8.21. The quantitative estimate of drug-likeness (QED) is 0.634. The van der Waals surface area contributed by atoms with Crippen molar-refractivity contribution >= 4 is 5.91 Å². The van der Waals surface area contributed by atoms with E-state index in [0.717, 1.165) is 32.4 Å². The third kappa shape index (κ3) is 4.40. The molecule has 0 radical (unpaired) electrons. The van der Waals surface area contributed by atoms with E-state index in [2.05, 4.69) is 12.8 Å². The van der Waals surface area contributed by atoms with Crippen LogP contribution in [0.1, 0.15) is 39.5 Å². The van der Waals surface area contributed by atoms with E-state index < -0.39 is 0 Å². The Bertz CT molecular complexity index is 276. The van der Waals surface area contributed by atoms with Crippen LogP contribution in [0.15, 0.2) is 0 Å². The van der Waals surface area contributed by atoms with Gasteiger partial charge in [-0.05, 0) is 32.1 Å². The third-order valence-electron chi connectivity index (χ3n) is 3.19. The van der Waals surface area contributed by atoms with Crippen LogP contribution in [0.5, 0.6) is 0 Å². The normalized spacial score (nSPS) is 22.6. The van der Waals surface area contributed by atoms with Crippen molar-refractivity contribution in [2.24, 2.45) is 5.92 Å². The van der Waals surface area contributed by atoms with Gasteiger partial charge in [-0.2, -0.15) is 0 Å². The Kier molecular flexibility index (Phi) is 6.07. The molecule has 3 nitrogen and oxygen atoms in total. The van der Waals surface area contributed by atoms with E-state index in [9.17, 15) is 4.79 Å². The lowest BCUT2D eigenvalue weighted by Gasteiger charge is -2.35. The number of hydrogen-bond acceptors (Lipinski definition) is 2. The Morgan fingerprint density at radius 3 is 2.71 bits per heavy atom. The topological polar surface area (TPSA) is 29.5 Å². The second-order valence-corrected chi connectivity index (χ2v) is 4.64. The second-order valence-electron chi connectivity index (χ2n) is 4.64. The molecule has 0 spiro atoms. The van der Waals surface area contributed by atoms with Crippen LogP contribution in [-0.2, 0) is 9.53 Å². The largest absolute Gasteiger partial charge is 0.378 e. The van der Waals surface area contributed by atoms with Crippen molar-refractivity contribution in [2.75, 3.05) is 19.7 Å². The molecule has 1 saturated carbocycles. The fourth-order valence-electron chi connectivity index (χ4n) is 2.26. The Labute approximate surface area is 105 Å². The van der Waals surface area contributed by atoms with Crippen LogP contribution in [0, 0.1) is 18.3 Å². The Balaban J connectivity index is 2.26. The summed E-state index contributed by atoms with van der Waals surface area (Å²) in [6.45, 7) is 6.04. The van der Waals surface area contributed by atoms with Crippen molar-refractivity contribution in [1.82, 2.24) is 4.90 Å². The van der Waals surface area contributed by atoms with Gasteiger partial charge in [-0.1, -0.05) is 12.8 Å². The van der Waals surface area contributed by atoms with Crippen molar-refractivity contribution in [3.8, 4) is 12.3 Å². The maximum Gasteiger partial charge on any atom is 0.223 e. The zero-order valence-electron chi connectivity index (χ0n) is 10.9. The fraction of sp³-hybridized carbons (Fsp3) is 0.786. The standard InChI is InChI=1S/C14H23NO2/c1-4-7-15(8-5-2)14(16)11-12-9-13(10-12)17-6-3/h1,12-13H,5-11H2,2-3H3. The number of nitrogens with zero attached hydrogens (tertiary/aromatic N) is 1. The van der Waals surface area contributed by atoms with Crippen LogP contribution in [0.25, 0.3) is 0 Å². The monoisotopic (exact) mass is 237 g/mol. The van der Waals surface area contributed by atoms with E-state index in [0.29, 0.717) is 25.0 Å². The molecule has 0 heterocycles. The maximum atomic E-state index is 12.0. The SMILES string of the molecule is C#CCN(CCC)C(=O)CC1CC(OCC)C1. The highest BCUT2D eigenvalue weighted by atomic mass is 16.5. The van der Waals surface area contributed by atoms with Crippen molar-refractivity contribution in [3.63, 3.8) is 0 Å². The van der Waals surface area contributed by atoms with Gasteiger partial charge in [-0.3, -0.25) is 4.79 Å². The average molecular weight is 237 g/mol. The fourth-order valence-corrected chi connectivity index (χ4v) is 2.26. The summed E-state index contributed by atoms with van der Waals surface area (Å²) in [5.41, 5.74) is 0. The molecule has 0 unspecified atom stereocenters. The Morgan fingerprint density at radius 2 is 2.18 bits per heavy atom. The minimum atomic E-state index is 0.199. The summed E-state index contributed by atoms with van der Waals surface area (Å²) in [5.74, 6) is 3.25. The summed E-state index contributed by atoms with van der Waals surface area (Å²) in [6.07, 6.45) is 9.29. The number of carbonyl (C=O) groups is 1. The molecule has 17 heavy (non-hydrogen) atoms. The van der Waals surface area contributed by atoms with Crippen LogP contribution in [-0.4, -0.2) is 36.6 Å². The van der Waals surface area contributed by atoms with E-state index in [4.69, 9.17) is 11.2 Å². The molecule has 0 N–H and O–H groups in total. The van der Waals surface area contributed by atoms with Crippen LogP contribution in [0.2, 0.25) is 0 Å². The molecule has 96 valence electrons. The Morgan fingerprint density at radius 1 is 1.47 bits per heavy atom. The molecule has 0 aromatic carbocycles. The summed E-state index contributed by atoms with van der Waals surface area (Å²) in [7, 11) is 0. The molecule has 0 atom stereocenters. The first-order valence-electron chi connectivity index (χ1n) is 6.54. The minimum Gasteiger partial charge on any atom is -0.378 e. The summed E-state index contributed by atoms with van der Waals surface area (Å²) in [5, 5.41) is 0. The van der Waals surface area contributed by atoms with Crippen LogP contribution in [0.3, 0.4) is 0 Å². The molecule has 0 saturated heterocycles. The lowest BCUT2D eigenvalue weighted by Crippen LogP contribution is -2.38. The van der Waals surface area contributed by atoms with Gasteiger partial charge in [-0.25, -0.2) is 0 Å². The molecule has 3 heteroatoms. The van der Waals surface area contributed by atoms with Crippen molar-refractivity contribution in [1.29, 1.82) is 0 Å². The van der Waals surface area contributed by atoms with Gasteiger partial charge in [0, 0.05) is 19.6 Å². The van der Waals surface area contributed by atoms with Gasteiger partial charge in [-0.15, -0.1) is 6.42 Å². The molecule has 1 amide bonds. The number of rotatable bonds is 7. The van der Waals surface area contributed by atoms with Crippen molar-refractivity contribution in [2.45, 2.75) is 45.6 Å². The summed E-state index contributed by atoms with van der Waals surface area (Å²) < 4.78 is 5.49. The molecule has 0 bridgehead atoms. The van der Waals surface area contributed by atoms with Crippen molar-refractivity contribution in [3.05, 3.63) is 0 Å². The number of amides is 1.